The molecular formula is C16H24ClN3S. The van der Waals surface area contributed by atoms with Crippen molar-refractivity contribution in [3.05, 3.63) is 34.9 Å². The summed E-state index contributed by atoms with van der Waals surface area (Å²) in [6.07, 6.45) is 4.81. The highest BCUT2D eigenvalue weighted by Gasteiger charge is 2.15. The fraction of sp³-hybridized carbons (Fsp3) is 0.562. The van der Waals surface area contributed by atoms with Gasteiger partial charge in [-0.05, 0) is 49.1 Å². The summed E-state index contributed by atoms with van der Waals surface area (Å²) < 4.78 is 0. The number of benzene rings is 1. The third-order valence-corrected chi connectivity index (χ3v) is 5.24. The number of nitrogens with one attached hydrogen (secondary N) is 2. The number of thioether (sulfide) groups is 1. The highest BCUT2D eigenvalue weighted by molar-refractivity contribution is 8.00. The lowest BCUT2D eigenvalue weighted by atomic mass is 10.1. The maximum Gasteiger partial charge on any atom is 0.191 e. The Morgan fingerprint density at radius 2 is 2.14 bits per heavy atom. The average Bonchev–Trinajstić information content (AvgIpc) is 3.02. The lowest BCUT2D eigenvalue weighted by Crippen LogP contribution is -2.40. The van der Waals surface area contributed by atoms with E-state index < -0.39 is 0 Å². The van der Waals surface area contributed by atoms with Crippen LogP contribution in [0.1, 0.15) is 24.8 Å². The average molecular weight is 326 g/mol. The van der Waals surface area contributed by atoms with Gasteiger partial charge in [0.15, 0.2) is 5.96 Å². The van der Waals surface area contributed by atoms with Crippen LogP contribution in [0, 0.1) is 0 Å². The van der Waals surface area contributed by atoms with Gasteiger partial charge in [0, 0.05) is 30.4 Å². The van der Waals surface area contributed by atoms with E-state index in [0.717, 1.165) is 42.2 Å². The predicted molar refractivity (Wildman–Crippen MR) is 94.6 cm³/mol. The SMILES string of the molecule is CN=C(NCCCc1ccc(Cl)cc1)NCC1CCCS1. The maximum absolute atomic E-state index is 5.88. The van der Waals surface area contributed by atoms with Gasteiger partial charge in [-0.2, -0.15) is 11.8 Å². The number of hydrogen-bond donors (Lipinski definition) is 2. The summed E-state index contributed by atoms with van der Waals surface area (Å²) in [7, 11) is 1.83. The molecule has 2 N–H and O–H groups in total. The molecule has 0 aromatic heterocycles. The summed E-state index contributed by atoms with van der Waals surface area (Å²) in [5.41, 5.74) is 1.33. The zero-order valence-corrected chi connectivity index (χ0v) is 14.1. The Balaban J connectivity index is 1.60. The van der Waals surface area contributed by atoms with Crippen LogP contribution in [-0.4, -0.2) is 37.1 Å². The van der Waals surface area contributed by atoms with Gasteiger partial charge in [-0.1, -0.05) is 23.7 Å². The van der Waals surface area contributed by atoms with E-state index in [0.29, 0.717) is 0 Å². The molecule has 21 heavy (non-hydrogen) atoms. The van der Waals surface area contributed by atoms with Gasteiger partial charge < -0.3 is 10.6 Å². The van der Waals surface area contributed by atoms with Crippen LogP contribution in [0.3, 0.4) is 0 Å². The van der Waals surface area contributed by atoms with Crippen LogP contribution in [0.2, 0.25) is 5.02 Å². The second-order valence-corrected chi connectivity index (χ2v) is 7.09. The zero-order valence-electron chi connectivity index (χ0n) is 12.6. The van der Waals surface area contributed by atoms with Gasteiger partial charge in [0.25, 0.3) is 0 Å². The summed E-state index contributed by atoms with van der Waals surface area (Å²) in [6, 6.07) is 8.08. The standard InChI is InChI=1S/C16H24ClN3S/c1-18-16(20-12-15-5-3-11-21-15)19-10-2-4-13-6-8-14(17)9-7-13/h6-9,15H,2-5,10-12H2,1H3,(H2,18,19,20). The van der Waals surface area contributed by atoms with Gasteiger partial charge >= 0.3 is 0 Å². The van der Waals surface area contributed by atoms with E-state index in [2.05, 4.69) is 39.5 Å². The van der Waals surface area contributed by atoms with Crippen molar-refractivity contribution in [2.75, 3.05) is 25.9 Å². The Bertz CT molecular complexity index is 441. The number of rotatable bonds is 6. The van der Waals surface area contributed by atoms with E-state index >= 15 is 0 Å². The molecule has 1 aromatic rings. The zero-order chi connectivity index (χ0) is 14.9. The lowest BCUT2D eigenvalue weighted by Gasteiger charge is -2.14. The first-order chi connectivity index (χ1) is 10.3. The van der Waals surface area contributed by atoms with E-state index in [-0.39, 0.29) is 0 Å². The number of nitrogens with zero attached hydrogens (tertiary/aromatic N) is 1. The van der Waals surface area contributed by atoms with E-state index in [1.165, 1.54) is 24.2 Å². The van der Waals surface area contributed by atoms with Gasteiger partial charge in [0.05, 0.1) is 0 Å². The molecule has 1 unspecified atom stereocenters. The highest BCUT2D eigenvalue weighted by Crippen LogP contribution is 2.25. The summed E-state index contributed by atoms with van der Waals surface area (Å²) >= 11 is 7.95. The largest absolute Gasteiger partial charge is 0.356 e. The molecule has 3 nitrogen and oxygen atoms in total. The van der Waals surface area contributed by atoms with E-state index in [4.69, 9.17) is 11.6 Å². The lowest BCUT2D eigenvalue weighted by molar-refractivity contribution is 0.710. The molecule has 0 radical (unpaired) electrons. The summed E-state index contributed by atoms with van der Waals surface area (Å²) in [4.78, 5) is 4.27. The van der Waals surface area contributed by atoms with Gasteiger partial charge in [-0.25, -0.2) is 0 Å². The van der Waals surface area contributed by atoms with Gasteiger partial charge in [-0.15, -0.1) is 0 Å². The van der Waals surface area contributed by atoms with Crippen molar-refractivity contribution in [1.29, 1.82) is 0 Å². The molecule has 1 aromatic carbocycles. The first kappa shape index (κ1) is 16.5. The number of halogens is 1. The highest BCUT2D eigenvalue weighted by atomic mass is 35.5. The Kier molecular flexibility index (Phi) is 7.24. The van der Waals surface area contributed by atoms with Crippen molar-refractivity contribution >= 4 is 29.3 Å². The quantitative estimate of drug-likeness (QED) is 0.478. The fourth-order valence-corrected chi connectivity index (χ4v) is 3.71. The van der Waals surface area contributed by atoms with Crippen molar-refractivity contribution in [2.24, 2.45) is 4.99 Å². The number of guanidine groups is 1. The van der Waals surface area contributed by atoms with Crippen LogP contribution in [0.25, 0.3) is 0 Å². The molecule has 0 bridgehead atoms. The van der Waals surface area contributed by atoms with Crippen LogP contribution in [0.5, 0.6) is 0 Å². The van der Waals surface area contributed by atoms with Gasteiger partial charge in [0.1, 0.15) is 0 Å². The third kappa shape index (κ3) is 6.18. The summed E-state index contributed by atoms with van der Waals surface area (Å²) in [5, 5.41) is 8.34. The minimum Gasteiger partial charge on any atom is -0.356 e. The summed E-state index contributed by atoms with van der Waals surface area (Å²) in [6.45, 7) is 1.95. The molecule has 1 saturated heterocycles. The Morgan fingerprint density at radius 3 is 2.81 bits per heavy atom. The van der Waals surface area contributed by atoms with Crippen molar-refractivity contribution < 1.29 is 0 Å². The van der Waals surface area contributed by atoms with Crippen LogP contribution in [0.4, 0.5) is 0 Å². The molecule has 0 spiro atoms. The van der Waals surface area contributed by atoms with Crippen molar-refractivity contribution in [1.82, 2.24) is 10.6 Å². The third-order valence-electron chi connectivity index (χ3n) is 3.59. The first-order valence-corrected chi connectivity index (χ1v) is 9.01. The normalized spacial score (nSPS) is 18.8. The molecule has 1 heterocycles. The molecule has 1 aliphatic rings. The maximum atomic E-state index is 5.88. The van der Waals surface area contributed by atoms with Crippen LogP contribution >= 0.6 is 23.4 Å². The van der Waals surface area contributed by atoms with Crippen molar-refractivity contribution in [3.8, 4) is 0 Å². The Morgan fingerprint density at radius 1 is 1.33 bits per heavy atom. The van der Waals surface area contributed by atoms with Crippen LogP contribution < -0.4 is 10.6 Å². The minimum atomic E-state index is 0.748. The summed E-state index contributed by atoms with van der Waals surface area (Å²) in [5.74, 6) is 2.22. The molecular weight excluding hydrogens is 302 g/mol. The molecule has 1 atom stereocenters. The van der Waals surface area contributed by atoms with Crippen molar-refractivity contribution in [2.45, 2.75) is 30.9 Å². The molecule has 116 valence electrons. The van der Waals surface area contributed by atoms with E-state index in [1.807, 2.05) is 19.2 Å². The molecule has 0 saturated carbocycles. The molecule has 0 aliphatic carbocycles. The molecule has 2 rings (SSSR count). The van der Waals surface area contributed by atoms with Crippen molar-refractivity contribution in [3.63, 3.8) is 0 Å². The predicted octanol–water partition coefficient (Wildman–Crippen LogP) is 3.33. The molecule has 1 fully saturated rings. The second-order valence-electron chi connectivity index (χ2n) is 5.24. The Labute approximate surface area is 136 Å². The van der Waals surface area contributed by atoms with Gasteiger partial charge in [-0.3, -0.25) is 4.99 Å². The second kappa shape index (κ2) is 9.21. The van der Waals surface area contributed by atoms with E-state index in [1.54, 1.807) is 0 Å². The molecule has 0 amide bonds. The minimum absolute atomic E-state index is 0.748. The monoisotopic (exact) mass is 325 g/mol. The van der Waals surface area contributed by atoms with Crippen LogP contribution in [-0.2, 0) is 6.42 Å². The van der Waals surface area contributed by atoms with E-state index in [9.17, 15) is 0 Å². The van der Waals surface area contributed by atoms with Crippen LogP contribution in [0.15, 0.2) is 29.3 Å². The number of aryl methyl sites for hydroxylation is 1. The first-order valence-electron chi connectivity index (χ1n) is 7.58. The topological polar surface area (TPSA) is 36.4 Å². The fourth-order valence-electron chi connectivity index (χ4n) is 2.39. The molecule has 1 aliphatic heterocycles. The van der Waals surface area contributed by atoms with Gasteiger partial charge in [0.2, 0.25) is 0 Å². The number of hydrogen-bond acceptors (Lipinski definition) is 2. The number of aliphatic imine (C=N–C) groups is 1. The molecule has 5 heteroatoms. The Hall–Kier alpha value is -0.870. The smallest absolute Gasteiger partial charge is 0.191 e.